The molecule has 0 saturated carbocycles. The molecule has 0 aromatic rings. The van der Waals surface area contributed by atoms with Gasteiger partial charge in [-0.2, -0.15) is 0 Å². The molecule has 2 saturated heterocycles. The zero-order valence-electron chi connectivity index (χ0n) is 15.2. The molecule has 2 fully saturated rings. The van der Waals surface area contributed by atoms with Crippen molar-refractivity contribution >= 4 is 11.9 Å². The SMILES string of the molecule is CC(C(=O)O)N1CCNCC1N1CCC(C(=O)OC(C)(C)C)CC1. The predicted octanol–water partition coefficient (Wildman–Crippen LogP) is 0.745. The lowest BCUT2D eigenvalue weighted by Crippen LogP contribution is -2.63. The number of nitrogens with zero attached hydrogens (tertiary/aromatic N) is 2. The number of hydrogen-bond donors (Lipinski definition) is 2. The number of piperidine rings is 1. The van der Waals surface area contributed by atoms with Crippen LogP contribution in [0.1, 0.15) is 40.5 Å². The molecule has 0 aromatic heterocycles. The molecule has 2 atom stereocenters. The van der Waals surface area contributed by atoms with Crippen molar-refractivity contribution in [2.45, 2.75) is 58.3 Å². The van der Waals surface area contributed by atoms with Crippen LogP contribution >= 0.6 is 0 Å². The fourth-order valence-corrected chi connectivity index (χ4v) is 3.46. The van der Waals surface area contributed by atoms with Gasteiger partial charge in [0.15, 0.2) is 0 Å². The van der Waals surface area contributed by atoms with Gasteiger partial charge < -0.3 is 15.2 Å². The van der Waals surface area contributed by atoms with Crippen LogP contribution in [0, 0.1) is 5.92 Å². The summed E-state index contributed by atoms with van der Waals surface area (Å²) in [6.45, 7) is 11.3. The Balaban J connectivity index is 1.92. The number of ether oxygens (including phenoxy) is 1. The van der Waals surface area contributed by atoms with Crippen LogP contribution in [0.2, 0.25) is 0 Å². The van der Waals surface area contributed by atoms with Crippen molar-refractivity contribution in [2.75, 3.05) is 32.7 Å². The van der Waals surface area contributed by atoms with E-state index in [-0.39, 0.29) is 18.1 Å². The molecule has 2 rings (SSSR count). The lowest BCUT2D eigenvalue weighted by molar-refractivity contribution is -0.162. The van der Waals surface area contributed by atoms with Gasteiger partial charge in [-0.25, -0.2) is 0 Å². The first-order valence-electron chi connectivity index (χ1n) is 8.85. The summed E-state index contributed by atoms with van der Waals surface area (Å²) >= 11 is 0. The highest BCUT2D eigenvalue weighted by atomic mass is 16.6. The van der Waals surface area contributed by atoms with Crippen LogP contribution in [-0.4, -0.2) is 77.4 Å². The molecule has 7 heteroatoms. The Morgan fingerprint density at radius 3 is 2.38 bits per heavy atom. The third-order valence-electron chi connectivity index (χ3n) is 4.80. The number of carboxylic acids is 1. The van der Waals surface area contributed by atoms with Gasteiger partial charge in [0.05, 0.1) is 12.1 Å². The summed E-state index contributed by atoms with van der Waals surface area (Å²) in [5, 5.41) is 12.7. The van der Waals surface area contributed by atoms with Gasteiger partial charge in [0.2, 0.25) is 0 Å². The number of carbonyl (C=O) groups is 2. The Labute approximate surface area is 144 Å². The molecule has 2 aliphatic rings. The number of esters is 1. The van der Waals surface area contributed by atoms with Crippen molar-refractivity contribution in [3.05, 3.63) is 0 Å². The predicted molar refractivity (Wildman–Crippen MR) is 90.6 cm³/mol. The molecule has 0 spiro atoms. The lowest BCUT2D eigenvalue weighted by Gasteiger charge is -2.46. The summed E-state index contributed by atoms with van der Waals surface area (Å²) < 4.78 is 5.49. The molecule has 7 nitrogen and oxygen atoms in total. The Bertz CT molecular complexity index is 455. The second-order valence-electron chi connectivity index (χ2n) is 7.78. The van der Waals surface area contributed by atoms with Crippen molar-refractivity contribution in [3.63, 3.8) is 0 Å². The largest absolute Gasteiger partial charge is 0.480 e. The third-order valence-corrected chi connectivity index (χ3v) is 4.80. The zero-order valence-corrected chi connectivity index (χ0v) is 15.2. The van der Waals surface area contributed by atoms with Crippen molar-refractivity contribution in [3.8, 4) is 0 Å². The highest BCUT2D eigenvalue weighted by Gasteiger charge is 2.37. The van der Waals surface area contributed by atoms with E-state index in [0.717, 1.165) is 45.6 Å². The number of rotatable bonds is 4. The monoisotopic (exact) mass is 341 g/mol. The molecule has 0 aliphatic carbocycles. The molecule has 2 N–H and O–H groups in total. The minimum absolute atomic E-state index is 0.0534. The van der Waals surface area contributed by atoms with Gasteiger partial charge in [0.25, 0.3) is 0 Å². The maximum Gasteiger partial charge on any atom is 0.320 e. The van der Waals surface area contributed by atoms with Crippen LogP contribution in [0.4, 0.5) is 0 Å². The fourth-order valence-electron chi connectivity index (χ4n) is 3.46. The van der Waals surface area contributed by atoms with E-state index in [1.54, 1.807) is 6.92 Å². The van der Waals surface area contributed by atoms with Gasteiger partial charge in [0, 0.05) is 32.7 Å². The quantitative estimate of drug-likeness (QED) is 0.730. The summed E-state index contributed by atoms with van der Waals surface area (Å²) in [6, 6.07) is -0.499. The van der Waals surface area contributed by atoms with Crippen molar-refractivity contribution in [1.82, 2.24) is 15.1 Å². The first-order valence-corrected chi connectivity index (χ1v) is 8.85. The van der Waals surface area contributed by atoms with Gasteiger partial charge in [-0.05, 0) is 40.5 Å². The Morgan fingerprint density at radius 2 is 1.83 bits per heavy atom. The molecular weight excluding hydrogens is 310 g/mol. The maximum atomic E-state index is 12.2. The van der Waals surface area contributed by atoms with Crippen LogP contribution in [0.25, 0.3) is 0 Å². The second-order valence-corrected chi connectivity index (χ2v) is 7.78. The van der Waals surface area contributed by atoms with E-state index in [2.05, 4.69) is 10.2 Å². The normalized spacial score (nSPS) is 26.1. The Morgan fingerprint density at radius 1 is 1.21 bits per heavy atom. The number of nitrogens with one attached hydrogen (secondary N) is 1. The van der Waals surface area contributed by atoms with E-state index < -0.39 is 17.6 Å². The molecule has 0 bridgehead atoms. The van der Waals surface area contributed by atoms with E-state index in [0.29, 0.717) is 0 Å². The van der Waals surface area contributed by atoms with Gasteiger partial charge in [-0.3, -0.25) is 19.4 Å². The van der Waals surface area contributed by atoms with E-state index in [1.165, 1.54) is 0 Å². The highest BCUT2D eigenvalue weighted by Crippen LogP contribution is 2.24. The van der Waals surface area contributed by atoms with Gasteiger partial charge >= 0.3 is 11.9 Å². The lowest BCUT2D eigenvalue weighted by atomic mass is 9.95. The minimum atomic E-state index is -0.787. The molecule has 0 amide bonds. The van der Waals surface area contributed by atoms with E-state index >= 15 is 0 Å². The summed E-state index contributed by atoms with van der Waals surface area (Å²) in [6.07, 6.45) is 1.60. The van der Waals surface area contributed by atoms with Crippen LogP contribution in [-0.2, 0) is 14.3 Å². The Hall–Kier alpha value is -1.18. The van der Waals surface area contributed by atoms with Crippen molar-refractivity contribution in [2.24, 2.45) is 5.92 Å². The van der Waals surface area contributed by atoms with Gasteiger partial charge in [-0.1, -0.05) is 0 Å². The molecule has 2 heterocycles. The topological polar surface area (TPSA) is 82.1 Å². The zero-order chi connectivity index (χ0) is 17.9. The average molecular weight is 341 g/mol. The smallest absolute Gasteiger partial charge is 0.320 e. The van der Waals surface area contributed by atoms with Gasteiger partial charge in [0.1, 0.15) is 11.6 Å². The number of carboxylic acid groups (broad SMARTS) is 1. The summed E-state index contributed by atoms with van der Waals surface area (Å²) in [5.41, 5.74) is -0.449. The second kappa shape index (κ2) is 7.80. The summed E-state index contributed by atoms with van der Waals surface area (Å²) in [5.74, 6) is -0.951. The maximum absolute atomic E-state index is 12.2. The van der Waals surface area contributed by atoms with Crippen LogP contribution < -0.4 is 5.32 Å². The Kier molecular flexibility index (Phi) is 6.22. The van der Waals surface area contributed by atoms with Crippen LogP contribution in [0.15, 0.2) is 0 Å². The van der Waals surface area contributed by atoms with Gasteiger partial charge in [-0.15, -0.1) is 0 Å². The van der Waals surface area contributed by atoms with E-state index in [9.17, 15) is 14.7 Å². The first-order chi connectivity index (χ1) is 11.2. The van der Waals surface area contributed by atoms with Crippen molar-refractivity contribution < 1.29 is 19.4 Å². The molecular formula is C17H31N3O4. The number of hydrogen-bond acceptors (Lipinski definition) is 6. The molecule has 24 heavy (non-hydrogen) atoms. The van der Waals surface area contributed by atoms with Crippen molar-refractivity contribution in [1.29, 1.82) is 0 Å². The first kappa shape index (κ1) is 19.1. The number of likely N-dealkylation sites (tertiary alicyclic amines) is 1. The minimum Gasteiger partial charge on any atom is -0.480 e. The molecule has 2 aliphatic heterocycles. The van der Waals surface area contributed by atoms with Crippen LogP contribution in [0.5, 0.6) is 0 Å². The molecule has 2 unspecified atom stereocenters. The standard InChI is InChI=1S/C17H31N3O4/c1-12(15(21)22)20-10-7-18-11-14(20)19-8-5-13(6-9-19)16(23)24-17(2,3)4/h12-14,18H,5-11H2,1-4H3,(H,21,22). The highest BCUT2D eigenvalue weighted by molar-refractivity contribution is 5.73. The third kappa shape index (κ3) is 4.91. The average Bonchev–Trinajstić information content (AvgIpc) is 2.52. The van der Waals surface area contributed by atoms with E-state index in [4.69, 9.17) is 4.74 Å². The number of aliphatic carboxylic acids is 1. The number of piperazine rings is 1. The molecule has 0 aromatic carbocycles. The van der Waals surface area contributed by atoms with Crippen LogP contribution in [0.3, 0.4) is 0 Å². The summed E-state index contributed by atoms with van der Waals surface area (Å²) in [7, 11) is 0. The van der Waals surface area contributed by atoms with E-state index in [1.807, 2.05) is 25.7 Å². The summed E-state index contributed by atoms with van der Waals surface area (Å²) in [4.78, 5) is 27.9. The molecule has 138 valence electrons. The molecule has 0 radical (unpaired) electrons. The fraction of sp³-hybridized carbons (Fsp3) is 0.882. The number of carbonyl (C=O) groups excluding carboxylic acids is 1.